The summed E-state index contributed by atoms with van der Waals surface area (Å²) in [5, 5.41) is 6.37. The Morgan fingerprint density at radius 2 is 1.93 bits per heavy atom. The predicted octanol–water partition coefficient (Wildman–Crippen LogP) is 6.73. The number of thiazole rings is 1. The minimum Gasteiger partial charge on any atom is -0.464 e. The summed E-state index contributed by atoms with van der Waals surface area (Å²) < 4.78 is 31.6. The first-order valence-corrected chi connectivity index (χ1v) is 21.5. The van der Waals surface area contributed by atoms with Crippen LogP contribution in [0.3, 0.4) is 0 Å². The molecule has 6 rings (SSSR count). The standard InChI is InChI=1S/C44H60N6O8S/c1-28(54-7)39-32(10-8-16-45-39)40-34(24-44(5,6)27-57-41(52)35-11-9-17-46-49-35)33-22-29(12-13-37(33)50(40)18-21-56-31-14-19-55-20-15-31)36-26-59-38(48-36)23-30(25-51)47-42(53)58-43(2,3)4/h8,10,12-13,16,22,25-26,28,30-31,35,46,49H,9,11,14-15,17-21,23-24,27H2,1-7H3,(H,47,53)/t28-,30-,35?/m0/s1. The van der Waals surface area contributed by atoms with Gasteiger partial charge < -0.3 is 38.4 Å². The number of amides is 1. The van der Waals surface area contributed by atoms with E-state index in [2.05, 4.69) is 58.8 Å². The van der Waals surface area contributed by atoms with E-state index in [1.807, 2.05) is 18.4 Å². The summed E-state index contributed by atoms with van der Waals surface area (Å²) >= 11 is 1.43. The first-order valence-electron chi connectivity index (χ1n) is 20.6. The Hall–Kier alpha value is -4.25. The topological polar surface area (TPSA) is 164 Å². The van der Waals surface area contributed by atoms with Crippen molar-refractivity contribution in [1.29, 1.82) is 0 Å². The van der Waals surface area contributed by atoms with E-state index in [4.69, 9.17) is 33.7 Å². The summed E-state index contributed by atoms with van der Waals surface area (Å²) in [6, 6.07) is 9.26. The lowest BCUT2D eigenvalue weighted by Gasteiger charge is -2.28. The van der Waals surface area contributed by atoms with Gasteiger partial charge in [0.25, 0.3) is 0 Å². The average Bonchev–Trinajstić information content (AvgIpc) is 3.81. The number of fused-ring (bicyclic) bond motifs is 1. The first-order chi connectivity index (χ1) is 28.2. The molecule has 0 radical (unpaired) electrons. The van der Waals surface area contributed by atoms with Crippen LogP contribution in [0.25, 0.3) is 33.4 Å². The molecule has 14 nitrogen and oxygen atoms in total. The molecule has 5 heterocycles. The molecule has 2 fully saturated rings. The van der Waals surface area contributed by atoms with Crippen molar-refractivity contribution >= 4 is 40.6 Å². The van der Waals surface area contributed by atoms with Crippen LogP contribution in [0.1, 0.15) is 89.6 Å². The van der Waals surface area contributed by atoms with E-state index in [9.17, 15) is 14.4 Å². The molecule has 2 saturated heterocycles. The van der Waals surface area contributed by atoms with Crippen molar-refractivity contribution < 1.29 is 38.1 Å². The van der Waals surface area contributed by atoms with E-state index in [1.165, 1.54) is 11.3 Å². The number of ether oxygens (including phenoxy) is 5. The molecule has 2 aliphatic rings. The summed E-state index contributed by atoms with van der Waals surface area (Å²) in [6.07, 6.45) is 5.87. The minimum absolute atomic E-state index is 0.141. The van der Waals surface area contributed by atoms with Gasteiger partial charge in [-0.3, -0.25) is 15.2 Å². The van der Waals surface area contributed by atoms with Gasteiger partial charge in [0.2, 0.25) is 0 Å². The highest BCUT2D eigenvalue weighted by molar-refractivity contribution is 7.10. The molecule has 15 heteroatoms. The van der Waals surface area contributed by atoms with E-state index in [0.29, 0.717) is 44.1 Å². The van der Waals surface area contributed by atoms with Crippen LogP contribution in [0.15, 0.2) is 41.9 Å². The third-order valence-electron chi connectivity index (χ3n) is 10.6. The normalized spacial score (nSPS) is 17.7. The first kappa shape index (κ1) is 44.3. The Morgan fingerprint density at radius 3 is 2.64 bits per heavy atom. The van der Waals surface area contributed by atoms with Crippen molar-refractivity contribution in [3.05, 3.63) is 58.2 Å². The summed E-state index contributed by atoms with van der Waals surface area (Å²) in [5.41, 5.74) is 11.6. The molecule has 0 spiro atoms. The van der Waals surface area contributed by atoms with Crippen molar-refractivity contribution in [3.63, 3.8) is 0 Å². The highest BCUT2D eigenvalue weighted by Crippen LogP contribution is 2.42. The largest absolute Gasteiger partial charge is 0.464 e. The molecule has 2 aliphatic heterocycles. The molecule has 0 aliphatic carbocycles. The van der Waals surface area contributed by atoms with Crippen LogP contribution in [-0.2, 0) is 52.7 Å². The molecule has 4 aromatic rings. The summed E-state index contributed by atoms with van der Waals surface area (Å²) in [6.45, 7) is 15.1. The summed E-state index contributed by atoms with van der Waals surface area (Å²) in [5.74, 6) is -0.263. The average molecular weight is 833 g/mol. The van der Waals surface area contributed by atoms with Crippen LogP contribution in [0, 0.1) is 5.41 Å². The number of carbonyl (C=O) groups excluding carboxylic acids is 3. The number of carbonyl (C=O) groups is 3. The lowest BCUT2D eigenvalue weighted by molar-refractivity contribution is -0.150. The Bertz CT molecular complexity index is 2050. The van der Waals surface area contributed by atoms with Gasteiger partial charge >= 0.3 is 12.1 Å². The number of nitrogens with zero attached hydrogens (tertiary/aromatic N) is 3. The van der Waals surface area contributed by atoms with E-state index in [1.54, 1.807) is 34.1 Å². The van der Waals surface area contributed by atoms with Gasteiger partial charge in [-0.25, -0.2) is 15.2 Å². The molecule has 59 heavy (non-hydrogen) atoms. The molecule has 3 aromatic heterocycles. The Morgan fingerprint density at radius 1 is 1.14 bits per heavy atom. The predicted molar refractivity (Wildman–Crippen MR) is 227 cm³/mol. The van der Waals surface area contributed by atoms with Gasteiger partial charge in [0.15, 0.2) is 0 Å². The molecule has 1 aromatic carbocycles. The van der Waals surface area contributed by atoms with Gasteiger partial charge in [-0.15, -0.1) is 11.3 Å². The minimum atomic E-state index is -0.789. The Balaban J connectivity index is 1.40. The number of alkyl carbamates (subject to hydrolysis) is 1. The quantitative estimate of drug-likeness (QED) is 0.0761. The zero-order valence-electron chi connectivity index (χ0n) is 35.4. The number of pyridine rings is 1. The molecule has 320 valence electrons. The third-order valence-corrected chi connectivity index (χ3v) is 11.4. The van der Waals surface area contributed by atoms with Crippen LogP contribution < -0.4 is 16.2 Å². The van der Waals surface area contributed by atoms with Gasteiger partial charge in [-0.1, -0.05) is 19.9 Å². The maximum atomic E-state index is 13.2. The zero-order valence-corrected chi connectivity index (χ0v) is 36.2. The van der Waals surface area contributed by atoms with E-state index in [0.717, 1.165) is 76.9 Å². The number of hydrazine groups is 1. The second-order valence-electron chi connectivity index (χ2n) is 17.1. The monoisotopic (exact) mass is 832 g/mol. The molecule has 1 unspecified atom stereocenters. The van der Waals surface area contributed by atoms with Gasteiger partial charge in [-0.05, 0) is 89.6 Å². The number of nitrogens with one attached hydrogen (secondary N) is 3. The molecule has 3 atom stereocenters. The fraction of sp³-hybridized carbons (Fsp3) is 0.568. The summed E-state index contributed by atoms with van der Waals surface area (Å²) in [4.78, 5) is 47.4. The van der Waals surface area contributed by atoms with E-state index < -0.39 is 23.2 Å². The molecule has 0 saturated carbocycles. The van der Waals surface area contributed by atoms with Crippen LogP contribution in [0.2, 0.25) is 0 Å². The number of hydrogen-bond acceptors (Lipinski definition) is 13. The Labute approximate surface area is 351 Å². The van der Waals surface area contributed by atoms with Crippen molar-refractivity contribution in [1.82, 2.24) is 30.7 Å². The van der Waals surface area contributed by atoms with Crippen LogP contribution in [0.5, 0.6) is 0 Å². The van der Waals surface area contributed by atoms with E-state index in [-0.39, 0.29) is 37.2 Å². The van der Waals surface area contributed by atoms with Crippen LogP contribution in [0.4, 0.5) is 4.79 Å². The zero-order chi connectivity index (χ0) is 42.2. The summed E-state index contributed by atoms with van der Waals surface area (Å²) in [7, 11) is 1.69. The van der Waals surface area contributed by atoms with Gasteiger partial charge in [-0.2, -0.15) is 0 Å². The number of hydrogen-bond donors (Lipinski definition) is 3. The van der Waals surface area contributed by atoms with Crippen molar-refractivity contribution in [2.75, 3.05) is 40.1 Å². The number of aldehydes is 1. The molecule has 0 bridgehead atoms. The number of esters is 1. The fourth-order valence-corrected chi connectivity index (χ4v) is 8.43. The van der Waals surface area contributed by atoms with Crippen LogP contribution in [-0.4, -0.2) is 96.8 Å². The molecule has 3 N–H and O–H groups in total. The third kappa shape index (κ3) is 11.7. The SMILES string of the molecule is CO[C@@H](C)c1ncccc1-c1c(CC(C)(C)COC(=O)C2CCCNN2)c2cc(-c3csc(C[C@@H](C=O)NC(=O)OC(C)(C)C)n3)ccc2n1CCOC1CCOCC1. The maximum Gasteiger partial charge on any atom is 0.408 e. The highest BCUT2D eigenvalue weighted by atomic mass is 32.1. The Kier molecular flexibility index (Phi) is 14.9. The van der Waals surface area contributed by atoms with Crippen molar-refractivity contribution in [3.8, 4) is 22.5 Å². The molecule has 1 amide bonds. The number of aromatic nitrogens is 3. The fourth-order valence-electron chi connectivity index (χ4n) is 7.56. The van der Waals surface area contributed by atoms with Crippen LogP contribution >= 0.6 is 11.3 Å². The van der Waals surface area contributed by atoms with Gasteiger partial charge in [0, 0.05) is 78.9 Å². The van der Waals surface area contributed by atoms with E-state index >= 15 is 0 Å². The number of benzene rings is 1. The van der Waals surface area contributed by atoms with Crippen molar-refractivity contribution in [2.24, 2.45) is 5.41 Å². The lowest BCUT2D eigenvalue weighted by atomic mass is 9.84. The van der Waals surface area contributed by atoms with Gasteiger partial charge in [0.1, 0.15) is 17.9 Å². The second-order valence-corrected chi connectivity index (χ2v) is 18.1. The number of rotatable bonds is 17. The van der Waals surface area contributed by atoms with Gasteiger partial charge in [0.05, 0.1) is 53.6 Å². The second kappa shape index (κ2) is 19.9. The highest BCUT2D eigenvalue weighted by Gasteiger charge is 2.31. The molecular weight excluding hydrogens is 773 g/mol. The lowest BCUT2D eigenvalue weighted by Crippen LogP contribution is -2.50. The number of methoxy groups -OCH3 is 1. The van der Waals surface area contributed by atoms with Crippen molar-refractivity contribution in [2.45, 2.75) is 117 Å². The smallest absolute Gasteiger partial charge is 0.408 e. The maximum absolute atomic E-state index is 13.2. The molecular formula is C44H60N6O8S.